The SMILES string of the molecule is ClCc1cccc(Oc2ccc(Br)cc2)n1. The van der Waals surface area contributed by atoms with Gasteiger partial charge in [0.15, 0.2) is 0 Å². The number of benzene rings is 1. The summed E-state index contributed by atoms with van der Waals surface area (Å²) in [5, 5.41) is 0. The Labute approximate surface area is 107 Å². The summed E-state index contributed by atoms with van der Waals surface area (Å²) in [7, 11) is 0. The van der Waals surface area contributed by atoms with Crippen LogP contribution < -0.4 is 4.74 Å². The van der Waals surface area contributed by atoms with Crippen LogP contribution in [0.3, 0.4) is 0 Å². The summed E-state index contributed by atoms with van der Waals surface area (Å²) in [6.45, 7) is 0. The summed E-state index contributed by atoms with van der Waals surface area (Å²) in [5.74, 6) is 1.69. The second-order valence-electron chi connectivity index (χ2n) is 3.16. The maximum Gasteiger partial charge on any atom is 0.219 e. The fourth-order valence-corrected chi connectivity index (χ4v) is 1.63. The molecule has 0 aliphatic heterocycles. The van der Waals surface area contributed by atoms with Crippen LogP contribution in [0, 0.1) is 0 Å². The van der Waals surface area contributed by atoms with Crippen molar-refractivity contribution >= 4 is 27.5 Å². The van der Waals surface area contributed by atoms with E-state index >= 15 is 0 Å². The van der Waals surface area contributed by atoms with Crippen LogP contribution in [0.25, 0.3) is 0 Å². The maximum atomic E-state index is 5.70. The number of alkyl halides is 1. The minimum atomic E-state index is 0.386. The third kappa shape index (κ3) is 2.97. The fraction of sp³-hybridized carbons (Fsp3) is 0.0833. The van der Waals surface area contributed by atoms with Gasteiger partial charge in [-0.25, -0.2) is 4.98 Å². The summed E-state index contributed by atoms with van der Waals surface area (Å²) in [4.78, 5) is 4.24. The first-order valence-corrected chi connectivity index (χ1v) is 6.06. The molecule has 4 heteroatoms. The molecular weight excluding hydrogens is 289 g/mol. The highest BCUT2D eigenvalue weighted by Crippen LogP contribution is 2.21. The molecule has 16 heavy (non-hydrogen) atoms. The van der Waals surface area contributed by atoms with Crippen molar-refractivity contribution in [3.8, 4) is 11.6 Å². The van der Waals surface area contributed by atoms with E-state index in [2.05, 4.69) is 20.9 Å². The third-order valence-electron chi connectivity index (χ3n) is 1.95. The van der Waals surface area contributed by atoms with E-state index < -0.39 is 0 Å². The van der Waals surface area contributed by atoms with Crippen LogP contribution in [0.15, 0.2) is 46.9 Å². The molecule has 0 spiro atoms. The lowest BCUT2D eigenvalue weighted by Gasteiger charge is -2.05. The Bertz CT molecular complexity index is 473. The predicted molar refractivity (Wildman–Crippen MR) is 68.0 cm³/mol. The van der Waals surface area contributed by atoms with Gasteiger partial charge in [0.25, 0.3) is 0 Å². The van der Waals surface area contributed by atoms with Crippen LogP contribution in [0.5, 0.6) is 11.6 Å². The topological polar surface area (TPSA) is 22.1 Å². The van der Waals surface area contributed by atoms with Gasteiger partial charge in [-0.1, -0.05) is 22.0 Å². The van der Waals surface area contributed by atoms with Gasteiger partial charge >= 0.3 is 0 Å². The smallest absolute Gasteiger partial charge is 0.219 e. The molecule has 0 aliphatic carbocycles. The Balaban J connectivity index is 2.16. The van der Waals surface area contributed by atoms with Crippen LogP contribution in [-0.4, -0.2) is 4.98 Å². The van der Waals surface area contributed by atoms with Crippen LogP contribution in [0.4, 0.5) is 0 Å². The standard InChI is InChI=1S/C12H9BrClNO/c13-9-4-6-11(7-5-9)16-12-3-1-2-10(8-14)15-12/h1-7H,8H2. The molecule has 2 rings (SSSR count). The van der Waals surface area contributed by atoms with Crippen LogP contribution >= 0.6 is 27.5 Å². The molecule has 0 bridgehead atoms. The number of hydrogen-bond acceptors (Lipinski definition) is 2. The second kappa shape index (κ2) is 5.32. The first-order valence-electron chi connectivity index (χ1n) is 4.73. The lowest BCUT2D eigenvalue weighted by molar-refractivity contribution is 0.461. The van der Waals surface area contributed by atoms with Crippen LogP contribution in [0.2, 0.25) is 0 Å². The lowest BCUT2D eigenvalue weighted by Crippen LogP contribution is -1.90. The number of pyridine rings is 1. The molecule has 2 nitrogen and oxygen atoms in total. The molecule has 0 unspecified atom stereocenters. The zero-order valence-corrected chi connectivity index (χ0v) is 10.7. The summed E-state index contributed by atoms with van der Waals surface area (Å²) in [5.41, 5.74) is 0.802. The summed E-state index contributed by atoms with van der Waals surface area (Å²) >= 11 is 9.06. The van der Waals surface area contributed by atoms with Crippen LogP contribution in [0.1, 0.15) is 5.69 Å². The zero-order valence-electron chi connectivity index (χ0n) is 8.36. The molecule has 0 aliphatic rings. The van der Waals surface area contributed by atoms with E-state index in [4.69, 9.17) is 16.3 Å². The van der Waals surface area contributed by atoms with E-state index in [0.717, 1.165) is 15.9 Å². The average Bonchev–Trinajstić information content (AvgIpc) is 2.32. The first-order chi connectivity index (χ1) is 7.78. The largest absolute Gasteiger partial charge is 0.439 e. The van der Waals surface area contributed by atoms with Gasteiger partial charge in [-0.3, -0.25) is 0 Å². The monoisotopic (exact) mass is 297 g/mol. The first kappa shape index (κ1) is 11.4. The van der Waals surface area contributed by atoms with Gasteiger partial charge in [-0.05, 0) is 30.3 Å². The number of rotatable bonds is 3. The van der Waals surface area contributed by atoms with E-state index in [1.807, 2.05) is 36.4 Å². The molecule has 0 saturated heterocycles. The van der Waals surface area contributed by atoms with Gasteiger partial charge in [0.1, 0.15) is 5.75 Å². The number of ether oxygens (including phenoxy) is 1. The minimum absolute atomic E-state index is 0.386. The lowest BCUT2D eigenvalue weighted by atomic mass is 10.3. The molecule has 0 radical (unpaired) electrons. The number of nitrogens with zero attached hydrogens (tertiary/aromatic N) is 1. The summed E-state index contributed by atoms with van der Waals surface area (Å²) in [6.07, 6.45) is 0. The Morgan fingerprint density at radius 3 is 2.56 bits per heavy atom. The normalized spacial score (nSPS) is 10.1. The fourth-order valence-electron chi connectivity index (χ4n) is 1.21. The number of halogens is 2. The molecule has 0 N–H and O–H groups in total. The highest BCUT2D eigenvalue weighted by molar-refractivity contribution is 9.10. The van der Waals surface area contributed by atoms with Crippen LogP contribution in [-0.2, 0) is 5.88 Å². The molecule has 0 atom stereocenters. The van der Waals surface area contributed by atoms with Gasteiger partial charge in [-0.2, -0.15) is 0 Å². The molecule has 0 fully saturated rings. The molecule has 1 aromatic carbocycles. The van der Waals surface area contributed by atoms with Crippen molar-refractivity contribution in [2.24, 2.45) is 0 Å². The Hall–Kier alpha value is -1.06. The molecular formula is C12H9BrClNO. The molecule has 82 valence electrons. The minimum Gasteiger partial charge on any atom is -0.439 e. The molecule has 2 aromatic rings. The van der Waals surface area contributed by atoms with E-state index in [1.165, 1.54) is 0 Å². The van der Waals surface area contributed by atoms with Crippen molar-refractivity contribution in [3.05, 3.63) is 52.6 Å². The van der Waals surface area contributed by atoms with Gasteiger partial charge < -0.3 is 4.74 Å². The summed E-state index contributed by atoms with van der Waals surface area (Å²) in [6, 6.07) is 13.1. The molecule has 0 amide bonds. The Morgan fingerprint density at radius 1 is 1.12 bits per heavy atom. The van der Waals surface area contributed by atoms with E-state index in [-0.39, 0.29) is 0 Å². The molecule has 1 aromatic heterocycles. The van der Waals surface area contributed by atoms with Crippen molar-refractivity contribution in [2.45, 2.75) is 5.88 Å². The molecule has 0 saturated carbocycles. The van der Waals surface area contributed by atoms with Gasteiger partial charge in [0.2, 0.25) is 5.88 Å². The van der Waals surface area contributed by atoms with Crippen molar-refractivity contribution < 1.29 is 4.74 Å². The van der Waals surface area contributed by atoms with Crippen molar-refractivity contribution in [1.82, 2.24) is 4.98 Å². The Kier molecular flexibility index (Phi) is 3.80. The highest BCUT2D eigenvalue weighted by Gasteiger charge is 1.99. The number of aromatic nitrogens is 1. The average molecular weight is 299 g/mol. The van der Waals surface area contributed by atoms with Crippen molar-refractivity contribution in [3.63, 3.8) is 0 Å². The predicted octanol–water partition coefficient (Wildman–Crippen LogP) is 4.38. The van der Waals surface area contributed by atoms with Crippen molar-refractivity contribution in [1.29, 1.82) is 0 Å². The molecule has 1 heterocycles. The maximum absolute atomic E-state index is 5.70. The summed E-state index contributed by atoms with van der Waals surface area (Å²) < 4.78 is 6.60. The second-order valence-corrected chi connectivity index (χ2v) is 4.34. The van der Waals surface area contributed by atoms with Gasteiger partial charge in [0, 0.05) is 10.5 Å². The quantitative estimate of drug-likeness (QED) is 0.785. The Morgan fingerprint density at radius 2 is 1.88 bits per heavy atom. The van der Waals surface area contributed by atoms with E-state index in [9.17, 15) is 0 Å². The number of hydrogen-bond donors (Lipinski definition) is 0. The highest BCUT2D eigenvalue weighted by atomic mass is 79.9. The van der Waals surface area contributed by atoms with Crippen molar-refractivity contribution in [2.75, 3.05) is 0 Å². The van der Waals surface area contributed by atoms with E-state index in [0.29, 0.717) is 11.8 Å². The van der Waals surface area contributed by atoms with Gasteiger partial charge in [-0.15, -0.1) is 11.6 Å². The van der Waals surface area contributed by atoms with E-state index in [1.54, 1.807) is 6.07 Å². The van der Waals surface area contributed by atoms with Gasteiger partial charge in [0.05, 0.1) is 11.6 Å². The zero-order chi connectivity index (χ0) is 11.4. The third-order valence-corrected chi connectivity index (χ3v) is 2.76.